The van der Waals surface area contributed by atoms with Gasteiger partial charge in [-0.1, -0.05) is 36.4 Å². The summed E-state index contributed by atoms with van der Waals surface area (Å²) in [6.07, 6.45) is 2.10. The molecule has 2 aromatic carbocycles. The SMILES string of the molecule is CN1CCN(S(=O)(=O)c2cccc(C(=O)NCC3(c4ccccc4)CC3)c2)CC1. The van der Waals surface area contributed by atoms with E-state index in [1.165, 1.54) is 15.9 Å². The summed E-state index contributed by atoms with van der Waals surface area (Å²) in [5, 5.41) is 3.01. The largest absolute Gasteiger partial charge is 0.351 e. The zero-order valence-corrected chi connectivity index (χ0v) is 17.5. The third kappa shape index (κ3) is 4.22. The Morgan fingerprint density at radius 3 is 2.34 bits per heavy atom. The number of piperazine rings is 1. The van der Waals surface area contributed by atoms with Gasteiger partial charge in [0.2, 0.25) is 10.0 Å². The molecule has 0 unspecified atom stereocenters. The fraction of sp³-hybridized carbons (Fsp3) is 0.409. The molecule has 7 heteroatoms. The summed E-state index contributed by atoms with van der Waals surface area (Å²) in [4.78, 5) is 15.0. The molecule has 0 bridgehead atoms. The Balaban J connectivity index is 1.45. The molecule has 0 atom stereocenters. The van der Waals surface area contributed by atoms with Gasteiger partial charge >= 0.3 is 0 Å². The second-order valence-electron chi connectivity index (χ2n) is 8.06. The van der Waals surface area contributed by atoms with Crippen molar-refractivity contribution < 1.29 is 13.2 Å². The average molecular weight is 414 g/mol. The highest BCUT2D eigenvalue weighted by molar-refractivity contribution is 7.89. The van der Waals surface area contributed by atoms with Gasteiger partial charge in [-0.05, 0) is 43.7 Å². The van der Waals surface area contributed by atoms with Gasteiger partial charge in [0.25, 0.3) is 5.91 Å². The highest BCUT2D eigenvalue weighted by Crippen LogP contribution is 2.47. The normalized spacial score (nSPS) is 19.6. The average Bonchev–Trinajstić information content (AvgIpc) is 3.54. The molecule has 1 saturated carbocycles. The lowest BCUT2D eigenvalue weighted by Crippen LogP contribution is -2.47. The Kier molecular flexibility index (Phi) is 5.46. The number of hydrogen-bond acceptors (Lipinski definition) is 4. The molecule has 0 aromatic heterocycles. The van der Waals surface area contributed by atoms with Crippen molar-refractivity contribution in [3.63, 3.8) is 0 Å². The van der Waals surface area contributed by atoms with E-state index in [2.05, 4.69) is 22.3 Å². The van der Waals surface area contributed by atoms with Crippen molar-refractivity contribution in [1.82, 2.24) is 14.5 Å². The van der Waals surface area contributed by atoms with Crippen LogP contribution in [0.15, 0.2) is 59.5 Å². The van der Waals surface area contributed by atoms with Gasteiger partial charge < -0.3 is 10.2 Å². The van der Waals surface area contributed by atoms with E-state index in [4.69, 9.17) is 0 Å². The van der Waals surface area contributed by atoms with Crippen molar-refractivity contribution in [2.24, 2.45) is 0 Å². The Hall–Kier alpha value is -2.22. The molecule has 0 radical (unpaired) electrons. The number of sulfonamides is 1. The zero-order chi connectivity index (χ0) is 20.5. The smallest absolute Gasteiger partial charge is 0.251 e. The number of amides is 1. The maximum Gasteiger partial charge on any atom is 0.251 e. The Labute approximate surface area is 172 Å². The summed E-state index contributed by atoms with van der Waals surface area (Å²) in [6.45, 7) is 2.91. The summed E-state index contributed by atoms with van der Waals surface area (Å²) in [6, 6.07) is 16.6. The van der Waals surface area contributed by atoms with Gasteiger partial charge in [-0.3, -0.25) is 4.79 Å². The minimum atomic E-state index is -3.59. The maximum atomic E-state index is 13.0. The number of likely N-dealkylation sites (N-methyl/N-ethyl adjacent to an activating group) is 1. The van der Waals surface area contributed by atoms with Crippen molar-refractivity contribution in [1.29, 1.82) is 0 Å². The quantitative estimate of drug-likeness (QED) is 0.787. The van der Waals surface area contributed by atoms with Gasteiger partial charge in [-0.25, -0.2) is 8.42 Å². The van der Waals surface area contributed by atoms with Crippen molar-refractivity contribution in [2.75, 3.05) is 39.8 Å². The molecule has 6 nitrogen and oxygen atoms in total. The van der Waals surface area contributed by atoms with E-state index in [0.29, 0.717) is 38.3 Å². The van der Waals surface area contributed by atoms with Gasteiger partial charge in [0.05, 0.1) is 4.90 Å². The molecule has 0 spiro atoms. The standard InChI is InChI=1S/C22H27N3O3S/c1-24-12-14-25(15-13-24)29(27,28)20-9-5-6-18(16-20)21(26)23-17-22(10-11-22)19-7-3-2-4-8-19/h2-9,16H,10-15,17H2,1H3,(H,23,26). The first-order chi connectivity index (χ1) is 13.9. The monoisotopic (exact) mass is 413 g/mol. The van der Waals surface area contributed by atoms with Crippen LogP contribution in [-0.2, 0) is 15.4 Å². The van der Waals surface area contributed by atoms with E-state index in [0.717, 1.165) is 12.8 Å². The molecular formula is C22H27N3O3S. The second-order valence-corrected chi connectivity index (χ2v) is 10.0. The molecule has 4 rings (SSSR count). The van der Waals surface area contributed by atoms with E-state index < -0.39 is 10.0 Å². The minimum absolute atomic E-state index is 0.0143. The number of nitrogens with zero attached hydrogens (tertiary/aromatic N) is 2. The molecule has 1 heterocycles. The van der Waals surface area contributed by atoms with Gasteiger partial charge in [-0.15, -0.1) is 0 Å². The molecule has 2 fully saturated rings. The van der Waals surface area contributed by atoms with Crippen LogP contribution < -0.4 is 5.32 Å². The lowest BCUT2D eigenvalue weighted by Gasteiger charge is -2.31. The minimum Gasteiger partial charge on any atom is -0.351 e. The van der Waals surface area contributed by atoms with Crippen LogP contribution in [0, 0.1) is 0 Å². The summed E-state index contributed by atoms with van der Waals surface area (Å²) < 4.78 is 27.4. The van der Waals surface area contributed by atoms with Crippen LogP contribution in [-0.4, -0.2) is 63.3 Å². The third-order valence-electron chi connectivity index (χ3n) is 6.02. The Morgan fingerprint density at radius 1 is 1.00 bits per heavy atom. The zero-order valence-electron chi connectivity index (χ0n) is 16.7. The summed E-state index contributed by atoms with van der Waals surface area (Å²) in [7, 11) is -1.61. The van der Waals surface area contributed by atoms with Crippen molar-refractivity contribution >= 4 is 15.9 Å². The predicted molar refractivity (Wildman–Crippen MR) is 112 cm³/mol. The lowest BCUT2D eigenvalue weighted by molar-refractivity contribution is 0.0949. The van der Waals surface area contributed by atoms with E-state index in [1.54, 1.807) is 18.2 Å². The molecular weight excluding hydrogens is 386 g/mol. The Bertz CT molecular complexity index is 979. The van der Waals surface area contributed by atoms with Crippen molar-refractivity contribution in [3.05, 3.63) is 65.7 Å². The van der Waals surface area contributed by atoms with Crippen molar-refractivity contribution in [3.8, 4) is 0 Å². The van der Waals surface area contributed by atoms with Crippen LogP contribution >= 0.6 is 0 Å². The first-order valence-electron chi connectivity index (χ1n) is 10.0. The molecule has 1 amide bonds. The maximum absolute atomic E-state index is 13.0. The molecule has 1 saturated heterocycles. The molecule has 1 N–H and O–H groups in total. The third-order valence-corrected chi connectivity index (χ3v) is 7.92. The number of nitrogens with one attached hydrogen (secondary N) is 1. The van der Waals surface area contributed by atoms with E-state index in [9.17, 15) is 13.2 Å². The van der Waals surface area contributed by atoms with Crippen LogP contribution in [0.1, 0.15) is 28.8 Å². The number of rotatable bonds is 6. The van der Waals surface area contributed by atoms with E-state index in [-0.39, 0.29) is 16.2 Å². The van der Waals surface area contributed by atoms with Gasteiger partial charge in [0.1, 0.15) is 0 Å². The molecule has 154 valence electrons. The summed E-state index contributed by atoms with van der Waals surface area (Å²) >= 11 is 0. The summed E-state index contributed by atoms with van der Waals surface area (Å²) in [5.74, 6) is -0.234. The van der Waals surface area contributed by atoms with Gasteiger partial charge in [0.15, 0.2) is 0 Å². The van der Waals surface area contributed by atoms with E-state index >= 15 is 0 Å². The molecule has 1 aliphatic heterocycles. The lowest BCUT2D eigenvalue weighted by atomic mass is 9.96. The first kappa shape index (κ1) is 20.1. The topological polar surface area (TPSA) is 69.7 Å². The number of carbonyl (C=O) groups is 1. The fourth-order valence-corrected chi connectivity index (χ4v) is 5.31. The molecule has 1 aliphatic carbocycles. The summed E-state index contributed by atoms with van der Waals surface area (Å²) in [5.41, 5.74) is 1.64. The van der Waals surface area contributed by atoms with Gasteiger partial charge in [0, 0.05) is 43.7 Å². The molecule has 2 aliphatic rings. The molecule has 29 heavy (non-hydrogen) atoms. The van der Waals surface area contributed by atoms with Crippen molar-refractivity contribution in [2.45, 2.75) is 23.2 Å². The Morgan fingerprint density at radius 2 is 1.69 bits per heavy atom. The number of benzene rings is 2. The highest BCUT2D eigenvalue weighted by Gasteiger charge is 2.44. The highest BCUT2D eigenvalue weighted by atomic mass is 32.2. The first-order valence-corrected chi connectivity index (χ1v) is 11.5. The van der Waals surface area contributed by atoms with Gasteiger partial charge in [-0.2, -0.15) is 4.31 Å². The second kappa shape index (κ2) is 7.89. The molecule has 2 aromatic rings. The fourth-order valence-electron chi connectivity index (χ4n) is 3.84. The number of hydrogen-bond donors (Lipinski definition) is 1. The van der Waals surface area contributed by atoms with E-state index in [1.807, 2.05) is 25.2 Å². The van der Waals surface area contributed by atoms with Crippen LogP contribution in [0.3, 0.4) is 0 Å². The van der Waals surface area contributed by atoms with Crippen LogP contribution in [0.4, 0.5) is 0 Å². The van der Waals surface area contributed by atoms with Crippen LogP contribution in [0.5, 0.6) is 0 Å². The number of carbonyl (C=O) groups excluding carboxylic acids is 1. The van der Waals surface area contributed by atoms with Crippen LogP contribution in [0.25, 0.3) is 0 Å². The van der Waals surface area contributed by atoms with Crippen LogP contribution in [0.2, 0.25) is 0 Å². The predicted octanol–water partition coefficient (Wildman–Crippen LogP) is 2.08.